The highest BCUT2D eigenvalue weighted by atomic mass is 14.9. The molecule has 2 heterocycles. The number of pyridine rings is 1. The molecule has 9 aromatic rings. The van der Waals surface area contributed by atoms with Crippen molar-refractivity contribution in [1.29, 1.82) is 0 Å². The van der Waals surface area contributed by atoms with Crippen LogP contribution in [0, 0.1) is 0 Å². The van der Waals surface area contributed by atoms with Crippen molar-refractivity contribution in [2.45, 2.75) is 0 Å². The lowest BCUT2D eigenvalue weighted by Crippen LogP contribution is -1.96. The number of nitrogens with zero attached hydrogens (tertiary/aromatic N) is 3. The van der Waals surface area contributed by atoms with Crippen molar-refractivity contribution in [3.05, 3.63) is 176 Å². The van der Waals surface area contributed by atoms with Crippen molar-refractivity contribution in [3.63, 3.8) is 0 Å². The van der Waals surface area contributed by atoms with E-state index in [1.165, 1.54) is 38.1 Å². The Bertz CT molecular complexity index is 2520. The summed E-state index contributed by atoms with van der Waals surface area (Å²) < 4.78 is 0. The van der Waals surface area contributed by atoms with Crippen LogP contribution >= 0.6 is 0 Å². The molecular weight excluding hydrogens is 583 g/mol. The largest absolute Gasteiger partial charge is 0.256 e. The van der Waals surface area contributed by atoms with Crippen LogP contribution in [0.5, 0.6) is 0 Å². The van der Waals surface area contributed by atoms with Gasteiger partial charge in [0, 0.05) is 33.7 Å². The van der Waals surface area contributed by atoms with Crippen LogP contribution in [0.15, 0.2) is 176 Å². The van der Waals surface area contributed by atoms with E-state index in [-0.39, 0.29) is 0 Å². The first-order valence-electron chi connectivity index (χ1n) is 16.2. The summed E-state index contributed by atoms with van der Waals surface area (Å²) in [5, 5.41) is 6.04. The predicted octanol–water partition coefficient (Wildman–Crippen LogP) is 11.7. The maximum absolute atomic E-state index is 5.06. The molecular formula is C45H29N3. The van der Waals surface area contributed by atoms with Gasteiger partial charge in [-0.25, -0.2) is 9.97 Å². The quantitative estimate of drug-likeness (QED) is 0.182. The Morgan fingerprint density at radius 2 is 0.792 bits per heavy atom. The van der Waals surface area contributed by atoms with Crippen LogP contribution < -0.4 is 0 Å². The van der Waals surface area contributed by atoms with E-state index in [1.54, 1.807) is 0 Å². The summed E-state index contributed by atoms with van der Waals surface area (Å²) in [7, 11) is 0. The predicted molar refractivity (Wildman–Crippen MR) is 200 cm³/mol. The molecule has 0 fully saturated rings. The highest BCUT2D eigenvalue weighted by Crippen LogP contribution is 2.37. The fourth-order valence-electron chi connectivity index (χ4n) is 6.75. The normalized spacial score (nSPS) is 11.3. The lowest BCUT2D eigenvalue weighted by atomic mass is 9.93. The molecule has 0 spiro atoms. The second-order valence-corrected chi connectivity index (χ2v) is 12.1. The van der Waals surface area contributed by atoms with Crippen molar-refractivity contribution in [1.82, 2.24) is 15.0 Å². The van der Waals surface area contributed by atoms with Gasteiger partial charge in [0.1, 0.15) is 0 Å². The minimum absolute atomic E-state index is 0.715. The molecule has 0 aliphatic rings. The zero-order valence-corrected chi connectivity index (χ0v) is 26.1. The van der Waals surface area contributed by atoms with Gasteiger partial charge in [0.05, 0.1) is 16.9 Å². The van der Waals surface area contributed by atoms with Crippen LogP contribution in [0.25, 0.3) is 88.6 Å². The van der Waals surface area contributed by atoms with E-state index in [0.717, 1.165) is 44.7 Å². The lowest BCUT2D eigenvalue weighted by molar-refractivity contribution is 1.18. The van der Waals surface area contributed by atoms with Gasteiger partial charge in [0.25, 0.3) is 0 Å². The summed E-state index contributed by atoms with van der Waals surface area (Å²) >= 11 is 0. The smallest absolute Gasteiger partial charge is 0.160 e. The number of hydrogen-bond acceptors (Lipinski definition) is 3. The van der Waals surface area contributed by atoms with Crippen LogP contribution in [0.4, 0.5) is 0 Å². The lowest BCUT2D eigenvalue weighted by Gasteiger charge is -2.13. The van der Waals surface area contributed by atoms with Crippen molar-refractivity contribution >= 4 is 32.4 Å². The van der Waals surface area contributed by atoms with Gasteiger partial charge in [0.2, 0.25) is 0 Å². The first-order chi connectivity index (χ1) is 23.8. The molecule has 224 valence electrons. The fourth-order valence-corrected chi connectivity index (χ4v) is 6.75. The maximum atomic E-state index is 5.06. The molecule has 0 amide bonds. The molecule has 0 aliphatic carbocycles. The topological polar surface area (TPSA) is 38.7 Å². The molecule has 0 saturated carbocycles. The molecule has 0 radical (unpaired) electrons. The Morgan fingerprint density at radius 1 is 0.292 bits per heavy atom. The standard InChI is InChI=1S/C45H29N3/c1-3-12-30(13-4-1)42-29-43(48-45(47-42)31-14-5-2-6-15-31)36-19-10-18-34(27-36)32-16-9-17-33(26-32)35-23-24-38-40-22-11-25-46-44(40)39-21-8-7-20-37(39)41(38)28-35/h1-29H. The molecule has 3 nitrogen and oxygen atoms in total. The maximum Gasteiger partial charge on any atom is 0.160 e. The number of benzene rings is 7. The summed E-state index contributed by atoms with van der Waals surface area (Å²) in [5.74, 6) is 0.715. The Labute approximate surface area is 278 Å². The highest BCUT2D eigenvalue weighted by Gasteiger charge is 2.13. The van der Waals surface area contributed by atoms with Crippen LogP contribution in [0.1, 0.15) is 0 Å². The number of aromatic nitrogens is 3. The van der Waals surface area contributed by atoms with Crippen LogP contribution in [-0.2, 0) is 0 Å². The molecule has 0 aliphatic heterocycles. The zero-order valence-electron chi connectivity index (χ0n) is 26.1. The molecule has 3 heteroatoms. The van der Waals surface area contributed by atoms with Crippen LogP contribution in [-0.4, -0.2) is 15.0 Å². The second-order valence-electron chi connectivity index (χ2n) is 12.1. The Morgan fingerprint density at radius 3 is 1.50 bits per heavy atom. The van der Waals surface area contributed by atoms with Gasteiger partial charge in [-0.2, -0.15) is 0 Å². The highest BCUT2D eigenvalue weighted by molar-refractivity contribution is 6.24. The molecule has 0 unspecified atom stereocenters. The Balaban J connectivity index is 1.14. The van der Waals surface area contributed by atoms with Gasteiger partial charge in [-0.1, -0.05) is 140 Å². The summed E-state index contributed by atoms with van der Waals surface area (Å²) in [6, 6.07) is 59.7. The summed E-state index contributed by atoms with van der Waals surface area (Å²) in [6.45, 7) is 0. The summed E-state index contributed by atoms with van der Waals surface area (Å²) in [6.07, 6.45) is 1.88. The van der Waals surface area contributed by atoms with E-state index in [2.05, 4.69) is 127 Å². The van der Waals surface area contributed by atoms with Gasteiger partial charge in [0.15, 0.2) is 5.82 Å². The summed E-state index contributed by atoms with van der Waals surface area (Å²) in [5.41, 5.74) is 10.6. The third kappa shape index (κ3) is 4.99. The Hall–Kier alpha value is -6.45. The van der Waals surface area contributed by atoms with Gasteiger partial charge in [-0.15, -0.1) is 0 Å². The fraction of sp³-hybridized carbons (Fsp3) is 0. The molecule has 2 aromatic heterocycles. The first-order valence-corrected chi connectivity index (χ1v) is 16.2. The number of fused-ring (bicyclic) bond motifs is 6. The Kier molecular flexibility index (Phi) is 6.80. The van der Waals surface area contributed by atoms with Gasteiger partial charge < -0.3 is 0 Å². The van der Waals surface area contributed by atoms with E-state index in [1.807, 2.05) is 48.7 Å². The average molecular weight is 612 g/mol. The minimum Gasteiger partial charge on any atom is -0.256 e. The van der Waals surface area contributed by atoms with Crippen LogP contribution in [0.2, 0.25) is 0 Å². The van der Waals surface area contributed by atoms with E-state index in [4.69, 9.17) is 15.0 Å². The van der Waals surface area contributed by atoms with Gasteiger partial charge in [-0.05, 0) is 68.7 Å². The number of hydrogen-bond donors (Lipinski definition) is 0. The van der Waals surface area contributed by atoms with Crippen molar-refractivity contribution in [3.8, 4) is 56.2 Å². The first kappa shape index (κ1) is 27.8. The monoisotopic (exact) mass is 611 g/mol. The molecule has 9 rings (SSSR count). The van der Waals surface area contributed by atoms with Crippen molar-refractivity contribution in [2.75, 3.05) is 0 Å². The molecule has 48 heavy (non-hydrogen) atoms. The van der Waals surface area contributed by atoms with E-state index >= 15 is 0 Å². The van der Waals surface area contributed by atoms with Crippen molar-refractivity contribution in [2.24, 2.45) is 0 Å². The molecule has 7 aromatic carbocycles. The third-order valence-corrected chi connectivity index (χ3v) is 9.11. The van der Waals surface area contributed by atoms with E-state index in [0.29, 0.717) is 5.82 Å². The number of rotatable bonds is 5. The van der Waals surface area contributed by atoms with Gasteiger partial charge >= 0.3 is 0 Å². The van der Waals surface area contributed by atoms with E-state index < -0.39 is 0 Å². The second kappa shape index (κ2) is 11.7. The third-order valence-electron chi connectivity index (χ3n) is 9.11. The minimum atomic E-state index is 0.715. The average Bonchev–Trinajstić information content (AvgIpc) is 3.18. The van der Waals surface area contributed by atoms with Crippen LogP contribution in [0.3, 0.4) is 0 Å². The molecule has 0 bridgehead atoms. The summed E-state index contributed by atoms with van der Waals surface area (Å²) in [4.78, 5) is 14.8. The zero-order chi connectivity index (χ0) is 31.9. The molecule has 0 atom stereocenters. The SMILES string of the molecule is c1ccc(-c2cc(-c3cccc(-c4cccc(-c5ccc6c(c5)c5ccccc5c5ncccc65)c4)c3)nc(-c3ccccc3)n2)cc1. The van der Waals surface area contributed by atoms with Crippen molar-refractivity contribution < 1.29 is 0 Å². The van der Waals surface area contributed by atoms with Gasteiger partial charge in [-0.3, -0.25) is 4.98 Å². The molecule has 0 N–H and O–H groups in total. The molecule has 0 saturated heterocycles. The van der Waals surface area contributed by atoms with E-state index in [9.17, 15) is 0 Å².